The highest BCUT2D eigenvalue weighted by molar-refractivity contribution is 7.99. The van der Waals surface area contributed by atoms with Crippen molar-refractivity contribution < 1.29 is 4.79 Å². The lowest BCUT2D eigenvalue weighted by molar-refractivity contribution is -0.128. The smallest absolute Gasteiger partial charge is 0.260 e. The van der Waals surface area contributed by atoms with E-state index in [-0.39, 0.29) is 11.5 Å². The summed E-state index contributed by atoms with van der Waals surface area (Å²) in [6.45, 7) is 8.16. The molecule has 0 saturated carbocycles. The van der Waals surface area contributed by atoms with E-state index in [0.29, 0.717) is 16.8 Å². The van der Waals surface area contributed by atoms with Gasteiger partial charge in [0.25, 0.3) is 5.56 Å². The first-order valence-corrected chi connectivity index (χ1v) is 11.7. The fraction of sp³-hybridized carbons (Fsp3) is 0.650. The molecule has 3 rings (SSSR count). The normalized spacial score (nSPS) is 16.5. The Hall–Kier alpha value is -1.34. The third-order valence-corrected chi connectivity index (χ3v) is 7.28. The summed E-state index contributed by atoms with van der Waals surface area (Å²) in [5, 5.41) is 1.29. The molecule has 1 aliphatic rings. The van der Waals surface area contributed by atoms with Crippen molar-refractivity contribution in [2.45, 2.75) is 64.5 Å². The Morgan fingerprint density at radius 2 is 2.00 bits per heavy atom. The molecule has 0 unspecified atom stereocenters. The molecule has 0 spiro atoms. The average molecular weight is 408 g/mol. The van der Waals surface area contributed by atoms with Gasteiger partial charge in [-0.15, -0.1) is 11.3 Å². The van der Waals surface area contributed by atoms with Gasteiger partial charge >= 0.3 is 0 Å². The average Bonchev–Trinajstić information content (AvgIpc) is 2.82. The number of hydrogen-bond donors (Lipinski definition) is 1. The number of likely N-dealkylation sites (tertiary alicyclic amines) is 1. The molecule has 0 aromatic carbocycles. The molecule has 1 atom stereocenters. The summed E-state index contributed by atoms with van der Waals surface area (Å²) in [5.41, 5.74) is 1.06. The van der Waals surface area contributed by atoms with E-state index in [9.17, 15) is 9.59 Å². The van der Waals surface area contributed by atoms with Gasteiger partial charge < -0.3 is 9.88 Å². The van der Waals surface area contributed by atoms with Gasteiger partial charge in [0, 0.05) is 18.0 Å². The second-order valence-corrected chi connectivity index (χ2v) is 9.66. The maximum absolute atomic E-state index is 12.7. The molecule has 0 aliphatic carbocycles. The fourth-order valence-electron chi connectivity index (χ4n) is 3.50. The SMILES string of the molecule is CC[C@@H](C)Cc1c(C)sc2nc(SCC(=O)N3CCCCCC3)[nH]c(=O)c12. The molecule has 2 aromatic heterocycles. The lowest BCUT2D eigenvalue weighted by Gasteiger charge is -2.19. The highest BCUT2D eigenvalue weighted by atomic mass is 32.2. The molecule has 2 aromatic rings. The van der Waals surface area contributed by atoms with Crippen molar-refractivity contribution in [3.05, 3.63) is 20.8 Å². The largest absolute Gasteiger partial charge is 0.342 e. The minimum Gasteiger partial charge on any atom is -0.342 e. The minimum absolute atomic E-state index is 0.0765. The number of thioether (sulfide) groups is 1. The molecule has 1 N–H and O–H groups in total. The Morgan fingerprint density at radius 1 is 1.30 bits per heavy atom. The van der Waals surface area contributed by atoms with Crippen LogP contribution in [0.1, 0.15) is 56.4 Å². The third-order valence-electron chi connectivity index (χ3n) is 5.38. The zero-order valence-electron chi connectivity index (χ0n) is 16.5. The Kier molecular flexibility index (Phi) is 6.98. The maximum Gasteiger partial charge on any atom is 0.260 e. The van der Waals surface area contributed by atoms with E-state index in [0.717, 1.165) is 54.6 Å². The number of H-pyrrole nitrogens is 1. The molecule has 27 heavy (non-hydrogen) atoms. The number of carbonyl (C=O) groups is 1. The second kappa shape index (κ2) is 9.24. The number of amides is 1. The first kappa shape index (κ1) is 20.4. The van der Waals surface area contributed by atoms with Gasteiger partial charge in [-0.1, -0.05) is 44.9 Å². The molecule has 148 valence electrons. The van der Waals surface area contributed by atoms with Crippen LogP contribution < -0.4 is 5.56 Å². The predicted molar refractivity (Wildman–Crippen MR) is 114 cm³/mol. The summed E-state index contributed by atoms with van der Waals surface area (Å²) in [4.78, 5) is 36.6. The van der Waals surface area contributed by atoms with Crippen LogP contribution >= 0.6 is 23.1 Å². The van der Waals surface area contributed by atoms with Crippen LogP contribution in [-0.2, 0) is 11.2 Å². The first-order valence-electron chi connectivity index (χ1n) is 9.92. The number of nitrogens with one attached hydrogen (secondary N) is 1. The summed E-state index contributed by atoms with van der Waals surface area (Å²) >= 11 is 2.93. The fourth-order valence-corrected chi connectivity index (χ4v) is 5.38. The van der Waals surface area contributed by atoms with Gasteiger partial charge in [0.2, 0.25) is 5.91 Å². The van der Waals surface area contributed by atoms with Gasteiger partial charge in [0.05, 0.1) is 11.1 Å². The number of aromatic nitrogens is 2. The number of fused-ring (bicyclic) bond motifs is 1. The monoisotopic (exact) mass is 407 g/mol. The van der Waals surface area contributed by atoms with Gasteiger partial charge in [-0.3, -0.25) is 9.59 Å². The van der Waals surface area contributed by atoms with Crippen LogP contribution in [0.5, 0.6) is 0 Å². The number of thiophene rings is 1. The van der Waals surface area contributed by atoms with E-state index >= 15 is 0 Å². The zero-order chi connectivity index (χ0) is 19.4. The van der Waals surface area contributed by atoms with Crippen molar-refractivity contribution >= 4 is 39.2 Å². The second-order valence-electron chi connectivity index (χ2n) is 7.49. The molecule has 1 aliphatic heterocycles. The number of nitrogens with zero attached hydrogens (tertiary/aromatic N) is 2. The summed E-state index contributed by atoms with van der Waals surface area (Å²) in [5.74, 6) is 1.02. The van der Waals surface area contributed by atoms with Crippen molar-refractivity contribution in [2.75, 3.05) is 18.8 Å². The molecule has 1 fully saturated rings. The number of carbonyl (C=O) groups excluding carboxylic acids is 1. The van der Waals surface area contributed by atoms with Crippen LogP contribution in [0.2, 0.25) is 0 Å². The van der Waals surface area contributed by atoms with Gasteiger partial charge in [-0.25, -0.2) is 4.98 Å². The summed E-state index contributed by atoms with van der Waals surface area (Å²) in [6, 6.07) is 0. The van der Waals surface area contributed by atoms with Crippen molar-refractivity contribution in [3.8, 4) is 0 Å². The quantitative estimate of drug-likeness (QED) is 0.570. The highest BCUT2D eigenvalue weighted by Gasteiger charge is 2.19. The van der Waals surface area contributed by atoms with E-state index in [1.165, 1.54) is 29.5 Å². The Labute approximate surface area is 169 Å². The topological polar surface area (TPSA) is 66.1 Å². The Bertz CT molecular complexity index is 851. The molecule has 1 saturated heterocycles. The minimum atomic E-state index is -0.0765. The van der Waals surface area contributed by atoms with Gasteiger partial charge in [-0.05, 0) is 37.7 Å². The highest BCUT2D eigenvalue weighted by Crippen LogP contribution is 2.30. The Morgan fingerprint density at radius 3 is 2.67 bits per heavy atom. The molecular weight excluding hydrogens is 378 g/mol. The van der Waals surface area contributed by atoms with Crippen LogP contribution in [0.4, 0.5) is 0 Å². The standard InChI is InChI=1S/C20H29N3O2S2/c1-4-13(2)11-15-14(3)27-19-17(15)18(25)21-20(22-19)26-12-16(24)23-9-7-5-6-8-10-23/h13H,4-12H2,1-3H3,(H,21,22,25)/t13-/m1/s1. The number of rotatable bonds is 6. The van der Waals surface area contributed by atoms with Crippen LogP contribution in [0.15, 0.2) is 9.95 Å². The van der Waals surface area contributed by atoms with Gasteiger partial charge in [0.15, 0.2) is 5.16 Å². The molecule has 0 radical (unpaired) electrons. The summed E-state index contributed by atoms with van der Waals surface area (Å²) in [6.07, 6.45) is 6.59. The van der Waals surface area contributed by atoms with Crippen LogP contribution in [0.3, 0.4) is 0 Å². The number of aryl methyl sites for hydroxylation is 1. The van der Waals surface area contributed by atoms with Crippen molar-refractivity contribution in [2.24, 2.45) is 5.92 Å². The van der Waals surface area contributed by atoms with Gasteiger partial charge in [0.1, 0.15) is 4.83 Å². The molecule has 0 bridgehead atoms. The zero-order valence-corrected chi connectivity index (χ0v) is 18.1. The maximum atomic E-state index is 12.7. The molecular formula is C20H29N3O2S2. The lowest BCUT2D eigenvalue weighted by atomic mass is 9.98. The van der Waals surface area contributed by atoms with Gasteiger partial charge in [-0.2, -0.15) is 0 Å². The summed E-state index contributed by atoms with van der Waals surface area (Å²) < 4.78 is 0. The van der Waals surface area contributed by atoms with Crippen LogP contribution in [0, 0.1) is 12.8 Å². The van der Waals surface area contributed by atoms with Crippen LogP contribution in [0.25, 0.3) is 10.2 Å². The van der Waals surface area contributed by atoms with Crippen molar-refractivity contribution in [1.29, 1.82) is 0 Å². The van der Waals surface area contributed by atoms with E-state index in [4.69, 9.17) is 0 Å². The molecule has 1 amide bonds. The molecule has 7 heteroatoms. The van der Waals surface area contributed by atoms with E-state index in [2.05, 4.69) is 30.7 Å². The Balaban J connectivity index is 1.74. The number of aromatic amines is 1. The van der Waals surface area contributed by atoms with E-state index in [1.54, 1.807) is 11.3 Å². The summed E-state index contributed by atoms with van der Waals surface area (Å²) in [7, 11) is 0. The van der Waals surface area contributed by atoms with Crippen molar-refractivity contribution in [1.82, 2.24) is 14.9 Å². The number of hydrogen-bond acceptors (Lipinski definition) is 5. The lowest BCUT2D eigenvalue weighted by Crippen LogP contribution is -2.33. The third kappa shape index (κ3) is 4.93. The first-order chi connectivity index (χ1) is 13.0. The van der Waals surface area contributed by atoms with E-state index in [1.807, 2.05) is 4.90 Å². The molecule has 3 heterocycles. The predicted octanol–water partition coefficient (Wildman–Crippen LogP) is 4.38. The van der Waals surface area contributed by atoms with E-state index < -0.39 is 0 Å². The van der Waals surface area contributed by atoms with Crippen molar-refractivity contribution in [3.63, 3.8) is 0 Å². The van der Waals surface area contributed by atoms with Crippen LogP contribution in [-0.4, -0.2) is 39.6 Å². The molecule has 5 nitrogen and oxygen atoms in total.